The summed E-state index contributed by atoms with van der Waals surface area (Å²) in [6.45, 7) is 0. The summed E-state index contributed by atoms with van der Waals surface area (Å²) in [6, 6.07) is 6.14. The zero-order valence-corrected chi connectivity index (χ0v) is 6.95. The Balaban J connectivity index is 2.93. The zero-order chi connectivity index (χ0) is 9.14. The number of aromatic carboxylic acids is 1. The summed E-state index contributed by atoms with van der Waals surface area (Å²) in [7, 11) is 0. The molecule has 3 N–H and O–H groups in total. The van der Waals surface area contributed by atoms with E-state index in [1.165, 1.54) is 12.1 Å². The number of alkyl halides is 1. The van der Waals surface area contributed by atoms with E-state index in [0.29, 0.717) is 5.56 Å². The van der Waals surface area contributed by atoms with Gasteiger partial charge in [0, 0.05) is 0 Å². The first kappa shape index (κ1) is 9.03. The van der Waals surface area contributed by atoms with Gasteiger partial charge in [-0.25, -0.2) is 4.79 Å². The summed E-state index contributed by atoms with van der Waals surface area (Å²) in [4.78, 5) is 10.4. The van der Waals surface area contributed by atoms with Gasteiger partial charge in [-0.05, 0) is 17.7 Å². The summed E-state index contributed by atoms with van der Waals surface area (Å²) in [5.41, 5.74) is 5.72. The summed E-state index contributed by atoms with van der Waals surface area (Å²) in [5.74, 6) is -0.954. The third-order valence-electron chi connectivity index (χ3n) is 1.48. The van der Waals surface area contributed by atoms with Crippen molar-refractivity contribution in [2.75, 3.05) is 0 Å². The molecule has 1 rings (SSSR count). The lowest BCUT2D eigenvalue weighted by molar-refractivity contribution is 0.0697. The highest BCUT2D eigenvalue weighted by Crippen LogP contribution is 2.14. The fourth-order valence-electron chi connectivity index (χ4n) is 0.810. The summed E-state index contributed by atoms with van der Waals surface area (Å²) >= 11 is 5.57. The van der Waals surface area contributed by atoms with Crippen LogP contribution in [0.3, 0.4) is 0 Å². The van der Waals surface area contributed by atoms with E-state index >= 15 is 0 Å². The molecule has 0 aromatic heterocycles. The van der Waals surface area contributed by atoms with Gasteiger partial charge in [0.25, 0.3) is 0 Å². The lowest BCUT2D eigenvalue weighted by atomic mass is 10.1. The lowest BCUT2D eigenvalue weighted by Crippen LogP contribution is -2.03. The summed E-state index contributed by atoms with van der Waals surface area (Å²) in [6.07, 6.45) is 0. The van der Waals surface area contributed by atoms with Crippen LogP contribution in [0.25, 0.3) is 0 Å². The summed E-state index contributed by atoms with van der Waals surface area (Å²) < 4.78 is 0. The Morgan fingerprint density at radius 1 is 1.42 bits per heavy atom. The zero-order valence-electron chi connectivity index (χ0n) is 6.20. The SMILES string of the molecule is NC(Cl)c1ccc(C(=O)O)cc1. The standard InChI is InChI=1S/C8H8ClNO2/c9-7(10)5-1-3-6(4-2-5)8(11)12/h1-4,7H,10H2,(H,11,12). The second-order valence-electron chi connectivity index (χ2n) is 2.33. The Morgan fingerprint density at radius 3 is 2.25 bits per heavy atom. The molecule has 0 aliphatic heterocycles. The Labute approximate surface area is 74.8 Å². The van der Waals surface area contributed by atoms with E-state index in [1.807, 2.05) is 0 Å². The normalized spacial score (nSPS) is 12.5. The molecule has 0 saturated carbocycles. The predicted octanol–water partition coefficient (Wildman–Crippen LogP) is 1.58. The first-order chi connectivity index (χ1) is 5.61. The number of hydrogen-bond donors (Lipinski definition) is 2. The minimum absolute atomic E-state index is 0.232. The van der Waals surface area contributed by atoms with Crippen LogP contribution in [0.15, 0.2) is 24.3 Å². The molecule has 12 heavy (non-hydrogen) atoms. The predicted molar refractivity (Wildman–Crippen MR) is 46.2 cm³/mol. The fourth-order valence-corrected chi connectivity index (χ4v) is 0.955. The van der Waals surface area contributed by atoms with Gasteiger partial charge in [-0.2, -0.15) is 0 Å². The van der Waals surface area contributed by atoms with Gasteiger partial charge < -0.3 is 10.8 Å². The van der Waals surface area contributed by atoms with Crippen LogP contribution in [0.1, 0.15) is 21.4 Å². The molecule has 0 radical (unpaired) electrons. The Hall–Kier alpha value is -1.06. The number of benzene rings is 1. The quantitative estimate of drug-likeness (QED) is 0.543. The van der Waals surface area contributed by atoms with Crippen LogP contribution in [-0.4, -0.2) is 11.1 Å². The maximum absolute atomic E-state index is 10.4. The van der Waals surface area contributed by atoms with E-state index in [-0.39, 0.29) is 5.56 Å². The number of rotatable bonds is 2. The molecule has 64 valence electrons. The van der Waals surface area contributed by atoms with E-state index in [9.17, 15) is 4.79 Å². The topological polar surface area (TPSA) is 63.3 Å². The maximum Gasteiger partial charge on any atom is 0.335 e. The van der Waals surface area contributed by atoms with Crippen molar-refractivity contribution in [1.29, 1.82) is 0 Å². The van der Waals surface area contributed by atoms with E-state index in [2.05, 4.69) is 0 Å². The maximum atomic E-state index is 10.4. The third-order valence-corrected chi connectivity index (χ3v) is 1.73. The van der Waals surface area contributed by atoms with E-state index in [0.717, 1.165) is 0 Å². The van der Waals surface area contributed by atoms with Gasteiger partial charge in [0.15, 0.2) is 0 Å². The number of hydrogen-bond acceptors (Lipinski definition) is 2. The Morgan fingerprint density at radius 2 is 1.92 bits per heavy atom. The van der Waals surface area contributed by atoms with Crippen molar-refractivity contribution in [2.45, 2.75) is 5.50 Å². The van der Waals surface area contributed by atoms with Crippen molar-refractivity contribution in [3.05, 3.63) is 35.4 Å². The van der Waals surface area contributed by atoms with Crippen LogP contribution in [-0.2, 0) is 0 Å². The van der Waals surface area contributed by atoms with Gasteiger partial charge >= 0.3 is 5.97 Å². The number of carboxylic acid groups (broad SMARTS) is 1. The van der Waals surface area contributed by atoms with Crippen molar-refractivity contribution in [1.82, 2.24) is 0 Å². The van der Waals surface area contributed by atoms with E-state index < -0.39 is 11.5 Å². The molecular weight excluding hydrogens is 178 g/mol. The number of halogens is 1. The fraction of sp³-hybridized carbons (Fsp3) is 0.125. The van der Waals surface area contributed by atoms with Crippen molar-refractivity contribution >= 4 is 17.6 Å². The molecule has 0 saturated heterocycles. The average Bonchev–Trinajstić information content (AvgIpc) is 2.04. The first-order valence-corrected chi connectivity index (χ1v) is 3.78. The van der Waals surface area contributed by atoms with Gasteiger partial charge in [-0.15, -0.1) is 11.6 Å². The lowest BCUT2D eigenvalue weighted by Gasteiger charge is -2.02. The summed E-state index contributed by atoms with van der Waals surface area (Å²) in [5, 5.41) is 8.55. The molecule has 1 unspecified atom stereocenters. The van der Waals surface area contributed by atoms with E-state index in [1.54, 1.807) is 12.1 Å². The molecular formula is C8H8ClNO2. The largest absolute Gasteiger partial charge is 0.478 e. The molecule has 0 spiro atoms. The molecule has 0 aliphatic rings. The molecule has 0 amide bonds. The molecule has 4 heteroatoms. The van der Waals surface area contributed by atoms with Gasteiger partial charge in [-0.1, -0.05) is 12.1 Å². The number of carboxylic acids is 1. The van der Waals surface area contributed by atoms with Crippen molar-refractivity contribution < 1.29 is 9.90 Å². The third kappa shape index (κ3) is 1.96. The Bertz CT molecular complexity index is 282. The van der Waals surface area contributed by atoms with Gasteiger partial charge in [0.1, 0.15) is 5.50 Å². The minimum atomic E-state index is -0.954. The first-order valence-electron chi connectivity index (χ1n) is 3.34. The van der Waals surface area contributed by atoms with E-state index in [4.69, 9.17) is 22.4 Å². The number of nitrogens with two attached hydrogens (primary N) is 1. The van der Waals surface area contributed by atoms with Crippen LogP contribution >= 0.6 is 11.6 Å². The van der Waals surface area contributed by atoms with Crippen molar-refractivity contribution in [3.63, 3.8) is 0 Å². The van der Waals surface area contributed by atoms with Gasteiger partial charge in [0.2, 0.25) is 0 Å². The highest BCUT2D eigenvalue weighted by molar-refractivity contribution is 6.20. The molecule has 1 aromatic rings. The van der Waals surface area contributed by atoms with Gasteiger partial charge in [-0.3, -0.25) is 0 Å². The molecule has 1 atom stereocenters. The minimum Gasteiger partial charge on any atom is -0.478 e. The van der Waals surface area contributed by atoms with Crippen molar-refractivity contribution in [3.8, 4) is 0 Å². The number of carbonyl (C=O) groups is 1. The van der Waals surface area contributed by atoms with Crippen LogP contribution in [0.2, 0.25) is 0 Å². The smallest absolute Gasteiger partial charge is 0.335 e. The second kappa shape index (κ2) is 3.56. The molecule has 0 bridgehead atoms. The van der Waals surface area contributed by atoms with Crippen molar-refractivity contribution in [2.24, 2.45) is 5.73 Å². The molecule has 0 heterocycles. The molecule has 0 aliphatic carbocycles. The molecule has 3 nitrogen and oxygen atoms in total. The second-order valence-corrected chi connectivity index (χ2v) is 2.80. The van der Waals surface area contributed by atoms with Crippen LogP contribution in [0.5, 0.6) is 0 Å². The Kier molecular flexibility index (Phi) is 2.68. The highest BCUT2D eigenvalue weighted by atomic mass is 35.5. The van der Waals surface area contributed by atoms with Crippen LogP contribution < -0.4 is 5.73 Å². The van der Waals surface area contributed by atoms with Crippen LogP contribution in [0.4, 0.5) is 0 Å². The average molecular weight is 186 g/mol. The van der Waals surface area contributed by atoms with Gasteiger partial charge in [0.05, 0.1) is 5.56 Å². The highest BCUT2D eigenvalue weighted by Gasteiger charge is 2.04. The molecule has 1 aromatic carbocycles. The monoisotopic (exact) mass is 185 g/mol. The molecule has 0 fully saturated rings. The van der Waals surface area contributed by atoms with Crippen LogP contribution in [0, 0.1) is 0 Å².